The minimum Gasteiger partial charge on any atom is -0.493 e. The van der Waals surface area contributed by atoms with Gasteiger partial charge in [-0.1, -0.05) is 0 Å². The van der Waals surface area contributed by atoms with E-state index in [4.69, 9.17) is 9.15 Å². The molecule has 0 bridgehead atoms. The summed E-state index contributed by atoms with van der Waals surface area (Å²) in [6, 6.07) is 8.18. The largest absolute Gasteiger partial charge is 0.493 e. The number of carbonyl (C=O) groups is 1. The monoisotopic (exact) mass is 292 g/mol. The van der Waals surface area contributed by atoms with Crippen molar-refractivity contribution in [2.75, 3.05) is 13.2 Å². The van der Waals surface area contributed by atoms with Crippen molar-refractivity contribution in [1.82, 2.24) is 0 Å². The average molecular weight is 292 g/mol. The lowest BCUT2D eigenvalue weighted by molar-refractivity contribution is -0.144. The Balaban J connectivity index is 1.88. The molecule has 1 aromatic heterocycles. The van der Waals surface area contributed by atoms with Gasteiger partial charge in [-0.15, -0.1) is 0 Å². The molecule has 0 saturated heterocycles. The Labute approximate surface area is 120 Å². The van der Waals surface area contributed by atoms with E-state index in [0.29, 0.717) is 17.8 Å². The molecule has 0 aliphatic rings. The number of fused-ring (bicyclic) bond motifs is 1. The number of aliphatic hydroxyl groups is 1. The van der Waals surface area contributed by atoms with E-state index in [0.717, 1.165) is 5.39 Å². The van der Waals surface area contributed by atoms with Crippen molar-refractivity contribution in [3.63, 3.8) is 0 Å². The van der Waals surface area contributed by atoms with Gasteiger partial charge in [0.15, 0.2) is 0 Å². The standard InChI is InChI=1S/C15H16O6/c1-10(16)20-9-12(17)6-7-19-13-4-2-11-3-5-15(18)21-14(11)8-13/h2-5,8,12,17H,6-7,9H2,1H3. The van der Waals surface area contributed by atoms with E-state index >= 15 is 0 Å². The van der Waals surface area contributed by atoms with Crippen molar-refractivity contribution in [3.05, 3.63) is 40.8 Å². The van der Waals surface area contributed by atoms with Crippen molar-refractivity contribution in [2.45, 2.75) is 19.4 Å². The first-order valence-corrected chi connectivity index (χ1v) is 6.53. The second-order valence-corrected chi connectivity index (χ2v) is 4.55. The Hall–Kier alpha value is -2.34. The molecule has 1 atom stereocenters. The SMILES string of the molecule is CC(=O)OCC(O)CCOc1ccc2ccc(=O)oc2c1. The van der Waals surface area contributed by atoms with Crippen molar-refractivity contribution < 1.29 is 23.8 Å². The Kier molecular flexibility index (Phi) is 4.94. The van der Waals surface area contributed by atoms with Crippen LogP contribution >= 0.6 is 0 Å². The molecule has 2 aromatic rings. The highest BCUT2D eigenvalue weighted by Crippen LogP contribution is 2.19. The summed E-state index contributed by atoms with van der Waals surface area (Å²) >= 11 is 0. The lowest BCUT2D eigenvalue weighted by atomic mass is 10.2. The first-order chi connectivity index (χ1) is 10.0. The van der Waals surface area contributed by atoms with E-state index < -0.39 is 17.7 Å². The molecule has 2 rings (SSSR count). The fourth-order valence-corrected chi connectivity index (χ4v) is 1.74. The van der Waals surface area contributed by atoms with Gasteiger partial charge in [0.1, 0.15) is 17.9 Å². The molecule has 112 valence electrons. The van der Waals surface area contributed by atoms with E-state index in [1.54, 1.807) is 24.3 Å². The minimum atomic E-state index is -0.771. The van der Waals surface area contributed by atoms with Crippen LogP contribution in [0.15, 0.2) is 39.5 Å². The minimum absolute atomic E-state index is 0.0503. The van der Waals surface area contributed by atoms with Crippen LogP contribution in [0.2, 0.25) is 0 Å². The van der Waals surface area contributed by atoms with Gasteiger partial charge >= 0.3 is 11.6 Å². The van der Waals surface area contributed by atoms with E-state index in [2.05, 4.69) is 4.74 Å². The number of hydrogen-bond acceptors (Lipinski definition) is 6. The lowest BCUT2D eigenvalue weighted by Crippen LogP contribution is -2.20. The summed E-state index contributed by atoms with van der Waals surface area (Å²) < 4.78 is 15.2. The van der Waals surface area contributed by atoms with Crippen LogP contribution in [-0.4, -0.2) is 30.4 Å². The summed E-state index contributed by atoms with van der Waals surface area (Å²) in [7, 11) is 0. The van der Waals surface area contributed by atoms with Gasteiger partial charge in [0.05, 0.1) is 12.7 Å². The topological polar surface area (TPSA) is 86.0 Å². The van der Waals surface area contributed by atoms with Gasteiger partial charge in [-0.05, 0) is 18.2 Å². The second-order valence-electron chi connectivity index (χ2n) is 4.55. The summed E-state index contributed by atoms with van der Waals surface area (Å²) in [5.74, 6) is 0.107. The maximum atomic E-state index is 11.1. The van der Waals surface area contributed by atoms with Gasteiger partial charge < -0.3 is 19.0 Å². The number of aliphatic hydroxyl groups excluding tert-OH is 1. The van der Waals surface area contributed by atoms with Gasteiger partial charge in [-0.25, -0.2) is 4.79 Å². The zero-order valence-electron chi connectivity index (χ0n) is 11.6. The summed E-state index contributed by atoms with van der Waals surface area (Å²) in [5.41, 5.74) is 0.0249. The third-order valence-corrected chi connectivity index (χ3v) is 2.79. The second kappa shape index (κ2) is 6.90. The van der Waals surface area contributed by atoms with Gasteiger partial charge in [0.25, 0.3) is 0 Å². The van der Waals surface area contributed by atoms with Crippen molar-refractivity contribution in [1.29, 1.82) is 0 Å². The Bertz CT molecular complexity index is 675. The maximum absolute atomic E-state index is 11.1. The number of hydrogen-bond donors (Lipinski definition) is 1. The Morgan fingerprint density at radius 3 is 2.86 bits per heavy atom. The first kappa shape index (κ1) is 15.1. The Morgan fingerprint density at radius 1 is 1.33 bits per heavy atom. The molecule has 0 amide bonds. The molecule has 1 heterocycles. The number of benzene rings is 1. The van der Waals surface area contributed by atoms with Gasteiger partial charge in [-0.3, -0.25) is 4.79 Å². The van der Waals surface area contributed by atoms with Gasteiger partial charge in [-0.2, -0.15) is 0 Å². The molecule has 6 nitrogen and oxygen atoms in total. The molecule has 0 radical (unpaired) electrons. The highest BCUT2D eigenvalue weighted by atomic mass is 16.5. The molecule has 0 aliphatic carbocycles. The highest BCUT2D eigenvalue weighted by molar-refractivity contribution is 5.77. The number of esters is 1. The normalized spacial score (nSPS) is 12.1. The van der Waals surface area contributed by atoms with Crippen LogP contribution in [0.1, 0.15) is 13.3 Å². The molecule has 1 unspecified atom stereocenters. The van der Waals surface area contributed by atoms with Gasteiger partial charge in [0, 0.05) is 30.9 Å². The van der Waals surface area contributed by atoms with Crippen LogP contribution < -0.4 is 10.4 Å². The van der Waals surface area contributed by atoms with E-state index in [9.17, 15) is 14.7 Å². The zero-order valence-corrected chi connectivity index (χ0v) is 11.6. The summed E-state index contributed by atoms with van der Waals surface area (Å²) in [6.07, 6.45) is -0.448. The highest BCUT2D eigenvalue weighted by Gasteiger charge is 2.07. The van der Waals surface area contributed by atoms with Crippen molar-refractivity contribution >= 4 is 16.9 Å². The van der Waals surface area contributed by atoms with Crippen LogP contribution in [0, 0.1) is 0 Å². The summed E-state index contributed by atoms with van der Waals surface area (Å²) in [5, 5.41) is 10.4. The first-order valence-electron chi connectivity index (χ1n) is 6.53. The predicted octanol–water partition coefficient (Wildman–Crippen LogP) is 1.49. The number of carbonyl (C=O) groups excluding carboxylic acids is 1. The average Bonchev–Trinajstić information content (AvgIpc) is 2.44. The molecule has 0 saturated carbocycles. The molecule has 1 aromatic carbocycles. The van der Waals surface area contributed by atoms with E-state index in [1.807, 2.05) is 0 Å². The van der Waals surface area contributed by atoms with E-state index in [1.165, 1.54) is 13.0 Å². The number of rotatable bonds is 6. The smallest absolute Gasteiger partial charge is 0.336 e. The fourth-order valence-electron chi connectivity index (χ4n) is 1.74. The summed E-state index contributed by atoms with van der Waals surface area (Å²) in [6.45, 7) is 1.49. The van der Waals surface area contributed by atoms with Crippen LogP contribution in [0.25, 0.3) is 11.0 Å². The van der Waals surface area contributed by atoms with Crippen LogP contribution in [0.5, 0.6) is 5.75 Å². The molecule has 0 aliphatic heterocycles. The van der Waals surface area contributed by atoms with Crippen LogP contribution in [0.4, 0.5) is 0 Å². The van der Waals surface area contributed by atoms with Crippen LogP contribution in [0.3, 0.4) is 0 Å². The maximum Gasteiger partial charge on any atom is 0.336 e. The Morgan fingerprint density at radius 2 is 2.10 bits per heavy atom. The lowest BCUT2D eigenvalue weighted by Gasteiger charge is -2.11. The third kappa shape index (κ3) is 4.61. The number of ether oxygens (including phenoxy) is 2. The molecular formula is C15H16O6. The van der Waals surface area contributed by atoms with Gasteiger partial charge in [0.2, 0.25) is 0 Å². The third-order valence-electron chi connectivity index (χ3n) is 2.79. The molecule has 1 N–H and O–H groups in total. The predicted molar refractivity (Wildman–Crippen MR) is 75.2 cm³/mol. The molecule has 6 heteroatoms. The molecule has 0 fully saturated rings. The fraction of sp³-hybridized carbons (Fsp3) is 0.333. The quantitative estimate of drug-likeness (QED) is 0.641. The summed E-state index contributed by atoms with van der Waals surface area (Å²) in [4.78, 5) is 21.7. The molecule has 0 spiro atoms. The molecule has 21 heavy (non-hydrogen) atoms. The van der Waals surface area contributed by atoms with Crippen molar-refractivity contribution in [3.8, 4) is 5.75 Å². The molecular weight excluding hydrogens is 276 g/mol. The van der Waals surface area contributed by atoms with Crippen molar-refractivity contribution in [2.24, 2.45) is 0 Å². The van der Waals surface area contributed by atoms with E-state index in [-0.39, 0.29) is 13.2 Å². The zero-order chi connectivity index (χ0) is 15.2. The van der Waals surface area contributed by atoms with Crippen LogP contribution in [-0.2, 0) is 9.53 Å².